The lowest BCUT2D eigenvalue weighted by atomic mass is 9.82. The first-order chi connectivity index (χ1) is 19.4. The Labute approximate surface area is 239 Å². The maximum Gasteiger partial charge on any atom is 0.422 e. The van der Waals surface area contributed by atoms with Crippen molar-refractivity contribution in [2.45, 2.75) is 50.4 Å². The highest BCUT2D eigenvalue weighted by Gasteiger charge is 2.47. The molecule has 0 radical (unpaired) electrons. The molecule has 0 fully saturated rings. The molecule has 1 aliphatic heterocycles. The lowest BCUT2D eigenvalue weighted by molar-refractivity contribution is -0.153. The van der Waals surface area contributed by atoms with Crippen LogP contribution >= 0.6 is 0 Å². The van der Waals surface area contributed by atoms with Crippen LogP contribution in [-0.2, 0) is 38.6 Å². The van der Waals surface area contributed by atoms with Crippen LogP contribution in [0, 0.1) is 0 Å². The van der Waals surface area contributed by atoms with Gasteiger partial charge in [0.25, 0.3) is 5.91 Å². The zero-order valence-corrected chi connectivity index (χ0v) is 23.7. The van der Waals surface area contributed by atoms with Gasteiger partial charge in [0, 0.05) is 24.4 Å². The number of aryl methyl sites for hydroxylation is 1. The molecule has 0 bridgehead atoms. The van der Waals surface area contributed by atoms with Crippen molar-refractivity contribution in [3.63, 3.8) is 0 Å². The zero-order chi connectivity index (χ0) is 30.7. The van der Waals surface area contributed by atoms with Crippen molar-refractivity contribution in [3.8, 4) is 11.6 Å². The minimum atomic E-state index is -4.48. The van der Waals surface area contributed by atoms with E-state index in [1.54, 1.807) is 32.0 Å². The first-order valence-corrected chi connectivity index (χ1v) is 14.9. The number of pyridine rings is 1. The number of ether oxygens (including phenoxy) is 1. The van der Waals surface area contributed by atoms with Crippen LogP contribution in [0.1, 0.15) is 53.0 Å². The second kappa shape index (κ2) is 10.1. The number of carbonyl (C=O) groups is 2. The Morgan fingerprint density at radius 3 is 2.60 bits per heavy atom. The van der Waals surface area contributed by atoms with Gasteiger partial charge in [-0.1, -0.05) is 12.1 Å². The van der Waals surface area contributed by atoms with Gasteiger partial charge in [0.1, 0.15) is 17.1 Å². The second-order valence-electron chi connectivity index (χ2n) is 11.1. The largest absolute Gasteiger partial charge is 0.484 e. The molecule has 1 atom stereocenters. The molecular weight excluding hydrogens is 579 g/mol. The van der Waals surface area contributed by atoms with E-state index in [4.69, 9.17) is 4.74 Å². The number of hydrogen-bond acceptors (Lipinski definition) is 8. The predicted molar refractivity (Wildman–Crippen MR) is 144 cm³/mol. The summed E-state index contributed by atoms with van der Waals surface area (Å²) in [7, 11) is -3.69. The predicted octanol–water partition coefficient (Wildman–Crippen LogP) is 2.55. The molecule has 1 aromatic carbocycles. The maximum atomic E-state index is 13.6. The van der Waals surface area contributed by atoms with E-state index in [0.29, 0.717) is 29.7 Å². The Kier molecular flexibility index (Phi) is 7.08. The van der Waals surface area contributed by atoms with Crippen LogP contribution in [0.5, 0.6) is 5.75 Å². The minimum absolute atomic E-state index is 0.0365. The zero-order valence-electron chi connectivity index (χ0n) is 22.9. The van der Waals surface area contributed by atoms with E-state index < -0.39 is 51.3 Å². The number of aliphatic hydroxyl groups is 1. The van der Waals surface area contributed by atoms with Crippen molar-refractivity contribution >= 4 is 27.5 Å². The molecule has 11 nitrogen and oxygen atoms in total. The quantitative estimate of drug-likeness (QED) is 0.371. The Balaban J connectivity index is 1.53. The van der Waals surface area contributed by atoms with Crippen LogP contribution in [-0.4, -0.2) is 64.9 Å². The molecule has 5 rings (SSSR count). The second-order valence-corrected chi connectivity index (χ2v) is 13.2. The molecule has 0 saturated carbocycles. The van der Waals surface area contributed by atoms with E-state index in [9.17, 15) is 36.3 Å². The minimum Gasteiger partial charge on any atom is -0.484 e. The average Bonchev–Trinajstić information content (AvgIpc) is 3.39. The number of alkyl halides is 3. The molecule has 2 aromatic heterocycles. The van der Waals surface area contributed by atoms with E-state index >= 15 is 0 Å². The highest BCUT2D eigenvalue weighted by molar-refractivity contribution is 7.91. The third kappa shape index (κ3) is 5.97. The number of carbonyl (C=O) groups excluding carboxylic acids is 2. The number of nitrogens with zero attached hydrogens (tertiary/aromatic N) is 3. The monoisotopic (exact) mass is 607 g/mol. The van der Waals surface area contributed by atoms with Crippen molar-refractivity contribution in [1.29, 1.82) is 0 Å². The van der Waals surface area contributed by atoms with Crippen LogP contribution < -0.4 is 15.4 Å². The summed E-state index contributed by atoms with van der Waals surface area (Å²) >= 11 is 0. The van der Waals surface area contributed by atoms with E-state index in [1.165, 1.54) is 23.0 Å². The van der Waals surface area contributed by atoms with Gasteiger partial charge in [-0.05, 0) is 56.0 Å². The summed E-state index contributed by atoms with van der Waals surface area (Å²) < 4.78 is 67.5. The summed E-state index contributed by atoms with van der Waals surface area (Å²) in [4.78, 5) is 30.6. The molecule has 3 heterocycles. The SMILES string of the molecule is CC(C)(O)c1ccc(-n2nc3c(c2NC(=O)CS(C)(=O)=O)C(=O)N[C@@]2(CCc4cc(OCC(F)(F)F)ccc42)C3)nc1. The highest BCUT2D eigenvalue weighted by atomic mass is 32.2. The fourth-order valence-corrected chi connectivity index (χ4v) is 5.84. The molecule has 1 aliphatic carbocycles. The van der Waals surface area contributed by atoms with Crippen molar-refractivity contribution in [3.05, 3.63) is 64.5 Å². The van der Waals surface area contributed by atoms with Crippen molar-refractivity contribution in [1.82, 2.24) is 20.1 Å². The number of anilines is 1. The third-order valence-electron chi connectivity index (χ3n) is 7.15. The molecule has 224 valence electrons. The first kappa shape index (κ1) is 29.5. The summed E-state index contributed by atoms with van der Waals surface area (Å²) in [5.74, 6) is -2.08. The van der Waals surface area contributed by atoms with Gasteiger partial charge in [-0.3, -0.25) is 9.59 Å². The maximum absolute atomic E-state index is 13.6. The summed E-state index contributed by atoms with van der Waals surface area (Å²) in [6.07, 6.45) is -1.06. The van der Waals surface area contributed by atoms with E-state index in [1.807, 2.05) is 0 Å². The molecular formula is C27H28F3N5O6S. The number of sulfone groups is 1. The van der Waals surface area contributed by atoms with Gasteiger partial charge in [0.2, 0.25) is 5.91 Å². The molecule has 1 spiro atoms. The molecule has 3 N–H and O–H groups in total. The van der Waals surface area contributed by atoms with Crippen LogP contribution in [0.25, 0.3) is 5.82 Å². The third-order valence-corrected chi connectivity index (χ3v) is 7.93. The van der Waals surface area contributed by atoms with Gasteiger partial charge < -0.3 is 20.5 Å². The summed E-state index contributed by atoms with van der Waals surface area (Å²) in [6, 6.07) is 7.73. The standard InChI is InChI=1S/C27H28F3N5O6S/c1-25(2,38)16-4-7-20(31-12-16)35-23(32-21(36)13-42(3,39)40)22-19(34-35)11-26(33-24(22)37)9-8-15-10-17(5-6-18(15)26)41-14-27(28,29)30/h4-7,10,12,38H,8-9,11,13-14H2,1-3H3,(H,32,36)(H,33,37)/t26-/m0/s1. The number of hydrogen-bond donors (Lipinski definition) is 3. The fraction of sp³-hybridized carbons (Fsp3) is 0.407. The smallest absolute Gasteiger partial charge is 0.422 e. The van der Waals surface area contributed by atoms with Crippen LogP contribution in [0.15, 0.2) is 36.5 Å². The summed E-state index contributed by atoms with van der Waals surface area (Å²) in [6.45, 7) is 1.75. The normalized spacial score (nSPS) is 18.4. The number of rotatable bonds is 7. The fourth-order valence-electron chi connectivity index (χ4n) is 5.29. The number of nitrogens with one attached hydrogen (secondary N) is 2. The summed E-state index contributed by atoms with van der Waals surface area (Å²) in [5, 5.41) is 20.4. The van der Waals surface area contributed by atoms with Crippen LogP contribution in [0.4, 0.5) is 19.0 Å². The number of aromatic nitrogens is 3. The molecule has 0 unspecified atom stereocenters. The van der Waals surface area contributed by atoms with Crippen molar-refractivity contribution in [2.75, 3.05) is 23.9 Å². The van der Waals surface area contributed by atoms with Gasteiger partial charge in [0.05, 0.1) is 16.8 Å². The Bertz CT molecular complexity index is 1680. The van der Waals surface area contributed by atoms with Gasteiger partial charge in [-0.15, -0.1) is 0 Å². The molecule has 3 aromatic rings. The Morgan fingerprint density at radius 2 is 1.98 bits per heavy atom. The van der Waals surface area contributed by atoms with Crippen molar-refractivity contribution in [2.24, 2.45) is 0 Å². The van der Waals surface area contributed by atoms with Gasteiger partial charge in [0.15, 0.2) is 28.1 Å². The van der Waals surface area contributed by atoms with Gasteiger partial charge in [-0.25, -0.2) is 13.4 Å². The number of halogens is 3. The van der Waals surface area contributed by atoms with Crippen LogP contribution in [0.3, 0.4) is 0 Å². The van der Waals surface area contributed by atoms with Crippen LogP contribution in [0.2, 0.25) is 0 Å². The number of amides is 2. The Morgan fingerprint density at radius 1 is 1.24 bits per heavy atom. The lowest BCUT2D eigenvalue weighted by Crippen LogP contribution is -2.49. The lowest BCUT2D eigenvalue weighted by Gasteiger charge is -2.35. The van der Waals surface area contributed by atoms with E-state index in [0.717, 1.165) is 11.8 Å². The van der Waals surface area contributed by atoms with E-state index in [-0.39, 0.29) is 29.4 Å². The first-order valence-electron chi connectivity index (χ1n) is 12.9. The van der Waals surface area contributed by atoms with Gasteiger partial charge in [-0.2, -0.15) is 23.0 Å². The molecule has 0 saturated heterocycles. The molecule has 42 heavy (non-hydrogen) atoms. The summed E-state index contributed by atoms with van der Waals surface area (Å²) in [5.41, 5.74) is 0.202. The number of fused-ring (bicyclic) bond motifs is 3. The highest BCUT2D eigenvalue weighted by Crippen LogP contribution is 2.44. The topological polar surface area (TPSA) is 153 Å². The molecule has 15 heteroatoms. The molecule has 2 amide bonds. The Hall–Kier alpha value is -3.98. The van der Waals surface area contributed by atoms with E-state index in [2.05, 4.69) is 20.7 Å². The average molecular weight is 608 g/mol. The van der Waals surface area contributed by atoms with Gasteiger partial charge >= 0.3 is 6.18 Å². The molecule has 2 aliphatic rings. The number of benzene rings is 1. The van der Waals surface area contributed by atoms with Crippen molar-refractivity contribution < 1.29 is 41.0 Å².